The Labute approximate surface area is 416 Å². The van der Waals surface area contributed by atoms with E-state index in [0.717, 1.165) is 28.9 Å². The van der Waals surface area contributed by atoms with Gasteiger partial charge >= 0.3 is 241 Å². The zero-order chi connectivity index (χ0) is 28.9. The summed E-state index contributed by atoms with van der Waals surface area (Å²) >= 11 is 7.50. The van der Waals surface area contributed by atoms with Crippen molar-refractivity contribution in [2.24, 2.45) is 4.99 Å². The molecule has 3 heterocycles. The first-order valence-electron chi connectivity index (χ1n) is 13.8. The van der Waals surface area contributed by atoms with Gasteiger partial charge in [0.15, 0.2) is 0 Å². The van der Waals surface area contributed by atoms with Gasteiger partial charge in [-0.2, -0.15) is 0 Å². The molecule has 1 unspecified atom stereocenters. The number of hydrogen-bond acceptors (Lipinski definition) is 5. The molecule has 2 aliphatic heterocycles. The van der Waals surface area contributed by atoms with E-state index in [4.69, 9.17) is 4.74 Å². The summed E-state index contributed by atoms with van der Waals surface area (Å²) in [5.41, 5.74) is 4.10. The first-order valence-corrected chi connectivity index (χ1v) is 61.8. The SMILES string of the molecule is COc1cc(/C=C2\CN=C3NCCC(c4ccc(F)cc4)N3C2=O)ccc1-n1cnc(C)c1.[H-].[K+].[K][K].[K][K].[K][K]. The van der Waals surface area contributed by atoms with Gasteiger partial charge in [-0.3, -0.25) is 9.69 Å². The van der Waals surface area contributed by atoms with Gasteiger partial charge in [0.2, 0.25) is 5.96 Å². The third-order valence-electron chi connectivity index (χ3n) is 5.92. The molecule has 0 radical (unpaired) electrons. The predicted molar refractivity (Wildman–Crippen MR) is 159 cm³/mol. The number of aromatic nitrogens is 2. The van der Waals surface area contributed by atoms with Crippen LogP contribution in [0.1, 0.15) is 30.7 Å². The van der Waals surface area contributed by atoms with Crippen LogP contribution < -0.4 is 61.4 Å². The van der Waals surface area contributed by atoms with Crippen LogP contribution in [-0.4, -0.2) is 236 Å². The van der Waals surface area contributed by atoms with Crippen LogP contribution in [0.2, 0.25) is 0 Å². The van der Waals surface area contributed by atoms with Crippen molar-refractivity contribution in [1.29, 1.82) is 0 Å². The van der Waals surface area contributed by atoms with Crippen molar-refractivity contribution in [3.8, 4) is 11.4 Å². The molecule has 0 spiro atoms. The van der Waals surface area contributed by atoms with E-state index in [1.807, 2.05) is 42.0 Å². The molecule has 176 valence electrons. The minimum atomic E-state index is -0.296. The molecule has 1 atom stereocenters. The quantitative estimate of drug-likeness (QED) is 0.263. The van der Waals surface area contributed by atoms with E-state index in [-0.39, 0.29) is 70.6 Å². The summed E-state index contributed by atoms with van der Waals surface area (Å²) in [4.78, 5) is 24.0. The zero-order valence-electron chi connectivity index (χ0n) is 26.5. The molecule has 0 aliphatic carbocycles. The first-order chi connectivity index (χ1) is 19.0. The molecule has 5 rings (SSSR count). The van der Waals surface area contributed by atoms with Crippen LogP contribution in [0.25, 0.3) is 11.8 Å². The molecule has 1 N–H and O–H groups in total. The number of carbonyl (C=O) groups is 1. The van der Waals surface area contributed by atoms with Gasteiger partial charge in [0.05, 0.1) is 37.4 Å². The van der Waals surface area contributed by atoms with Crippen LogP contribution in [0, 0.1) is 12.7 Å². The standard InChI is InChI=1S/C25H24FN5O2.7K.H/c1-16-14-30(15-29-16)22-8-3-17(12-23(22)33-2)11-19-13-28-25-27-10-9-21(31(25)24(19)32)18-4-6-20(26)7-5-18;;;;;;;;/h3-8,11-12,14-15,21H,9-10,13H2,1-2H3,(H,27,28);;;;;;;;/q;;;;;;;+1;-1/b19-11+;;;;;;;;. The summed E-state index contributed by atoms with van der Waals surface area (Å²) in [7, 11) is 1.62. The molecule has 0 bridgehead atoms. The molecule has 1 amide bonds. The van der Waals surface area contributed by atoms with Gasteiger partial charge < -0.3 is 16.0 Å². The van der Waals surface area contributed by atoms with E-state index in [0.29, 0.717) is 30.4 Å². The minimum absolute atomic E-state index is 0. The average molecular weight is 720 g/mol. The van der Waals surface area contributed by atoms with Gasteiger partial charge in [-0.25, -0.2) is 14.4 Å². The maximum absolute atomic E-state index is 13.5. The van der Waals surface area contributed by atoms with Crippen LogP contribution in [-0.2, 0) is 4.79 Å². The average Bonchev–Trinajstić information content (AvgIpc) is 3.43. The molecule has 1 aromatic heterocycles. The van der Waals surface area contributed by atoms with Crippen molar-refractivity contribution in [2.45, 2.75) is 19.4 Å². The van der Waals surface area contributed by atoms with Crippen molar-refractivity contribution < 1.29 is 66.7 Å². The third-order valence-corrected chi connectivity index (χ3v) is 5.92. The van der Waals surface area contributed by atoms with Crippen LogP contribution >= 0.6 is 0 Å². The van der Waals surface area contributed by atoms with E-state index in [1.54, 1.807) is 30.5 Å². The molecule has 1 fully saturated rings. The molecule has 15 heteroatoms. The van der Waals surface area contributed by atoms with Crippen LogP contribution in [0.3, 0.4) is 0 Å². The summed E-state index contributed by atoms with van der Waals surface area (Å²) in [6, 6.07) is 11.9. The Morgan fingerprint density at radius 2 is 1.77 bits per heavy atom. The Kier molecular flexibility index (Phi) is 30.0. The number of hydrogen-bond donors (Lipinski definition) is 1. The maximum atomic E-state index is 13.5. The van der Waals surface area contributed by atoms with E-state index >= 15 is 0 Å². The number of benzene rings is 2. The second kappa shape index (κ2) is 26.3. The van der Waals surface area contributed by atoms with E-state index in [1.165, 1.54) is 202 Å². The van der Waals surface area contributed by atoms with E-state index < -0.39 is 0 Å². The number of nitrogens with zero attached hydrogens (tertiary/aromatic N) is 4. The molecule has 40 heavy (non-hydrogen) atoms. The number of rotatable bonds is 4. The van der Waals surface area contributed by atoms with E-state index in [9.17, 15) is 9.18 Å². The number of nitrogens with one attached hydrogen (secondary N) is 1. The number of aryl methyl sites for hydroxylation is 1. The van der Waals surface area contributed by atoms with Crippen molar-refractivity contribution in [2.75, 3.05) is 20.2 Å². The number of fused-ring (bicyclic) bond motifs is 1. The summed E-state index contributed by atoms with van der Waals surface area (Å²) < 4.78 is 20.9. The molecule has 2 aliphatic rings. The fourth-order valence-electron chi connectivity index (χ4n) is 4.29. The van der Waals surface area contributed by atoms with Gasteiger partial charge in [0.1, 0.15) is 11.6 Å². The number of guanidine groups is 1. The van der Waals surface area contributed by atoms with Gasteiger partial charge in [-0.15, -0.1) is 0 Å². The van der Waals surface area contributed by atoms with Gasteiger partial charge in [0.25, 0.3) is 5.91 Å². The van der Waals surface area contributed by atoms with Gasteiger partial charge in [-0.1, -0.05) is 18.2 Å². The number of imidazole rings is 1. The third kappa shape index (κ3) is 13.9. The number of aliphatic imine (C=N–C) groups is 1. The summed E-state index contributed by atoms with van der Waals surface area (Å²) in [5.74, 6) is 0.851. The number of carbonyl (C=O) groups excluding carboxylic acids is 1. The summed E-state index contributed by atoms with van der Waals surface area (Å²) in [6.45, 7) is 2.93. The number of methoxy groups -OCH3 is 1. The number of halogens is 1. The number of amides is 1. The molecular weight excluding hydrogens is 695 g/mol. The Hall–Kier alpha value is 7.51. The summed E-state index contributed by atoms with van der Waals surface area (Å²) in [6.07, 6.45) is 6.24. The van der Waals surface area contributed by atoms with Crippen molar-refractivity contribution >= 4 is 207 Å². The zero-order valence-corrected chi connectivity index (χ0v) is 47.3. The molecule has 1 saturated heterocycles. The second-order valence-electron chi connectivity index (χ2n) is 8.12. The fraction of sp³-hybridized carbons (Fsp3) is 0.240. The topological polar surface area (TPSA) is 71.8 Å². The number of ether oxygens (including phenoxy) is 1. The molecule has 0 saturated carbocycles. The first kappa shape index (κ1) is 45.5. The van der Waals surface area contributed by atoms with Gasteiger partial charge in [0, 0.05) is 18.3 Å². The Morgan fingerprint density at radius 1 is 1.10 bits per heavy atom. The Bertz CT molecular complexity index is 1300. The van der Waals surface area contributed by atoms with Crippen LogP contribution in [0.15, 0.2) is 65.6 Å². The van der Waals surface area contributed by atoms with E-state index in [2.05, 4.69) is 15.3 Å². The predicted octanol–water partition coefficient (Wildman–Crippen LogP) is -1.52. The van der Waals surface area contributed by atoms with Crippen molar-refractivity contribution in [1.82, 2.24) is 19.8 Å². The van der Waals surface area contributed by atoms with Crippen LogP contribution in [0.4, 0.5) is 4.39 Å². The summed E-state index contributed by atoms with van der Waals surface area (Å²) in [5, 5.41) is 3.22. The molecular formula is C25H25FK7N5O2. The van der Waals surface area contributed by atoms with Crippen molar-refractivity contribution in [3.05, 3.63) is 83.2 Å². The van der Waals surface area contributed by atoms with Crippen LogP contribution in [0.5, 0.6) is 5.75 Å². The Morgan fingerprint density at radius 3 is 2.38 bits per heavy atom. The molecule has 3 aromatic rings. The normalized spacial score (nSPS) is 16.4. The monoisotopic (exact) mass is 719 g/mol. The molecule has 7 nitrogen and oxygen atoms in total. The Balaban J connectivity index is 0.00000188. The van der Waals surface area contributed by atoms with Crippen molar-refractivity contribution in [3.63, 3.8) is 0 Å². The molecule has 2 aromatic carbocycles. The second-order valence-corrected chi connectivity index (χ2v) is 8.12. The van der Waals surface area contributed by atoms with Gasteiger partial charge in [-0.05, 0) is 54.8 Å². The fourth-order valence-corrected chi connectivity index (χ4v) is 4.29.